The molecule has 3 heterocycles. The third kappa shape index (κ3) is 4.45. The van der Waals surface area contributed by atoms with Crippen molar-refractivity contribution >= 4 is 22.6 Å². The third-order valence-electron chi connectivity index (χ3n) is 5.82. The maximum atomic E-state index is 13.0. The standard InChI is InChI=1S/C24H26N6O4/c1-32-16-4-6-21(33-2)17(12-16)24(31)28-20-13-25-29-22(20)23-26-18-5-3-15(11-19(18)27-23)14-30-7-9-34-10-8-30/h3-6,11-13H,7-10,14H2,1-2H3,(H,25,29)(H,26,27)(H,28,31). The lowest BCUT2D eigenvalue weighted by atomic mass is 10.1. The van der Waals surface area contributed by atoms with Gasteiger partial charge in [0.2, 0.25) is 0 Å². The monoisotopic (exact) mass is 462 g/mol. The first-order chi connectivity index (χ1) is 16.6. The van der Waals surface area contributed by atoms with Crippen LogP contribution in [0.25, 0.3) is 22.6 Å². The number of hydrogen-bond donors (Lipinski definition) is 3. The van der Waals surface area contributed by atoms with Gasteiger partial charge in [-0.05, 0) is 35.9 Å². The van der Waals surface area contributed by atoms with Crippen LogP contribution in [0.1, 0.15) is 15.9 Å². The van der Waals surface area contributed by atoms with Gasteiger partial charge in [-0.2, -0.15) is 5.10 Å². The quantitative estimate of drug-likeness (QED) is 0.386. The molecule has 0 unspecified atom stereocenters. The molecule has 1 aliphatic rings. The molecule has 0 saturated carbocycles. The largest absolute Gasteiger partial charge is 0.497 e. The minimum Gasteiger partial charge on any atom is -0.497 e. The summed E-state index contributed by atoms with van der Waals surface area (Å²) in [6.07, 6.45) is 1.62. The number of ether oxygens (including phenoxy) is 3. The van der Waals surface area contributed by atoms with Crippen molar-refractivity contribution in [3.8, 4) is 23.0 Å². The number of carbonyl (C=O) groups excluding carboxylic acids is 1. The van der Waals surface area contributed by atoms with Gasteiger partial charge in [0, 0.05) is 25.8 Å². The zero-order valence-corrected chi connectivity index (χ0v) is 19.1. The fraction of sp³-hybridized carbons (Fsp3) is 0.292. The molecule has 34 heavy (non-hydrogen) atoms. The van der Waals surface area contributed by atoms with E-state index in [2.05, 4.69) is 37.5 Å². The average Bonchev–Trinajstić information content (AvgIpc) is 3.50. The Morgan fingerprint density at radius 1 is 1.15 bits per heavy atom. The molecular weight excluding hydrogens is 436 g/mol. The summed E-state index contributed by atoms with van der Waals surface area (Å²) in [7, 11) is 3.06. The lowest BCUT2D eigenvalue weighted by Crippen LogP contribution is -2.35. The van der Waals surface area contributed by atoms with Crippen LogP contribution >= 0.6 is 0 Å². The topological polar surface area (TPSA) is 117 Å². The normalized spacial score (nSPS) is 14.3. The Morgan fingerprint density at radius 3 is 2.79 bits per heavy atom. The first-order valence-electron chi connectivity index (χ1n) is 11.0. The van der Waals surface area contributed by atoms with Gasteiger partial charge in [-0.3, -0.25) is 14.8 Å². The van der Waals surface area contributed by atoms with Crippen LogP contribution in [0.4, 0.5) is 5.69 Å². The molecule has 4 aromatic rings. The van der Waals surface area contributed by atoms with E-state index in [1.807, 2.05) is 6.07 Å². The van der Waals surface area contributed by atoms with Gasteiger partial charge >= 0.3 is 0 Å². The first-order valence-corrected chi connectivity index (χ1v) is 11.0. The number of rotatable bonds is 7. The number of amides is 1. The van der Waals surface area contributed by atoms with E-state index in [-0.39, 0.29) is 5.91 Å². The van der Waals surface area contributed by atoms with E-state index >= 15 is 0 Å². The Kier molecular flexibility index (Phi) is 6.15. The van der Waals surface area contributed by atoms with Gasteiger partial charge in [0.15, 0.2) is 11.5 Å². The van der Waals surface area contributed by atoms with Crippen LogP contribution in [-0.2, 0) is 11.3 Å². The number of anilines is 1. The fourth-order valence-electron chi connectivity index (χ4n) is 4.03. The molecule has 10 nitrogen and oxygen atoms in total. The van der Waals surface area contributed by atoms with E-state index in [1.165, 1.54) is 12.7 Å². The van der Waals surface area contributed by atoms with Crippen LogP contribution < -0.4 is 14.8 Å². The summed E-state index contributed by atoms with van der Waals surface area (Å²) >= 11 is 0. The molecule has 1 saturated heterocycles. The number of carbonyl (C=O) groups is 1. The van der Waals surface area contributed by atoms with E-state index < -0.39 is 0 Å². The van der Waals surface area contributed by atoms with E-state index in [1.54, 1.807) is 31.5 Å². The molecule has 1 amide bonds. The summed E-state index contributed by atoms with van der Waals surface area (Å²) in [5, 5.41) is 10.0. The molecule has 5 rings (SSSR count). The number of imidazole rings is 1. The molecule has 0 aliphatic carbocycles. The van der Waals surface area contributed by atoms with Crippen molar-refractivity contribution in [2.24, 2.45) is 0 Å². The molecule has 176 valence electrons. The van der Waals surface area contributed by atoms with Crippen LogP contribution in [0, 0.1) is 0 Å². The molecule has 3 N–H and O–H groups in total. The SMILES string of the molecule is COc1ccc(OC)c(C(=O)Nc2c[nH]nc2-c2nc3cc(CN4CCOCC4)ccc3[nH]2)c1. The van der Waals surface area contributed by atoms with Crippen molar-refractivity contribution in [3.05, 3.63) is 53.7 Å². The van der Waals surface area contributed by atoms with Crippen molar-refractivity contribution in [3.63, 3.8) is 0 Å². The number of nitrogens with one attached hydrogen (secondary N) is 3. The molecule has 2 aromatic carbocycles. The molecule has 1 aliphatic heterocycles. The zero-order chi connectivity index (χ0) is 23.5. The van der Waals surface area contributed by atoms with Crippen molar-refractivity contribution in [2.45, 2.75) is 6.54 Å². The summed E-state index contributed by atoms with van der Waals surface area (Å²) in [5.41, 5.74) is 4.30. The van der Waals surface area contributed by atoms with E-state index in [4.69, 9.17) is 19.2 Å². The van der Waals surface area contributed by atoms with Gasteiger partial charge < -0.3 is 24.5 Å². The Balaban J connectivity index is 1.38. The fourth-order valence-corrected chi connectivity index (χ4v) is 4.03. The number of nitrogens with zero attached hydrogens (tertiary/aromatic N) is 3. The average molecular weight is 463 g/mol. The Hall–Kier alpha value is -3.89. The van der Waals surface area contributed by atoms with Crippen molar-refractivity contribution < 1.29 is 19.0 Å². The lowest BCUT2D eigenvalue weighted by Gasteiger charge is -2.26. The van der Waals surface area contributed by atoms with Gasteiger partial charge in [0.05, 0.1) is 49.7 Å². The van der Waals surface area contributed by atoms with Crippen LogP contribution in [0.5, 0.6) is 11.5 Å². The van der Waals surface area contributed by atoms with E-state index in [9.17, 15) is 4.79 Å². The number of hydrogen-bond acceptors (Lipinski definition) is 7. The van der Waals surface area contributed by atoms with Gasteiger partial charge in [0.1, 0.15) is 11.5 Å². The van der Waals surface area contributed by atoms with Crippen LogP contribution in [-0.4, -0.2) is 71.5 Å². The number of methoxy groups -OCH3 is 2. The predicted molar refractivity (Wildman–Crippen MR) is 127 cm³/mol. The van der Waals surface area contributed by atoms with Crippen molar-refractivity contribution in [1.29, 1.82) is 0 Å². The third-order valence-corrected chi connectivity index (χ3v) is 5.82. The maximum absolute atomic E-state index is 13.0. The molecule has 0 atom stereocenters. The van der Waals surface area contributed by atoms with E-state index in [0.29, 0.717) is 34.3 Å². The predicted octanol–water partition coefficient (Wildman–Crippen LogP) is 3.05. The Labute approximate surface area is 196 Å². The minimum atomic E-state index is -0.345. The Bertz CT molecular complexity index is 1310. The number of H-pyrrole nitrogens is 2. The van der Waals surface area contributed by atoms with Gasteiger partial charge in [-0.25, -0.2) is 4.98 Å². The van der Waals surface area contributed by atoms with Gasteiger partial charge in [-0.15, -0.1) is 0 Å². The summed E-state index contributed by atoms with van der Waals surface area (Å²) < 4.78 is 16.0. The first kappa shape index (κ1) is 21.9. The second kappa shape index (κ2) is 9.54. The smallest absolute Gasteiger partial charge is 0.259 e. The highest BCUT2D eigenvalue weighted by molar-refractivity contribution is 6.07. The summed E-state index contributed by atoms with van der Waals surface area (Å²) in [6, 6.07) is 11.3. The van der Waals surface area contributed by atoms with Gasteiger partial charge in [-0.1, -0.05) is 6.07 Å². The van der Waals surface area contributed by atoms with Crippen LogP contribution in [0.2, 0.25) is 0 Å². The van der Waals surface area contributed by atoms with Crippen molar-refractivity contribution in [1.82, 2.24) is 25.1 Å². The highest BCUT2D eigenvalue weighted by Crippen LogP contribution is 2.29. The molecular formula is C24H26N6O4. The second-order valence-corrected chi connectivity index (χ2v) is 7.99. The summed E-state index contributed by atoms with van der Waals surface area (Å²) in [6.45, 7) is 4.25. The summed E-state index contributed by atoms with van der Waals surface area (Å²) in [4.78, 5) is 23.4. The van der Waals surface area contributed by atoms with Crippen LogP contribution in [0.3, 0.4) is 0 Å². The highest BCUT2D eigenvalue weighted by atomic mass is 16.5. The maximum Gasteiger partial charge on any atom is 0.259 e. The Morgan fingerprint density at radius 2 is 2.00 bits per heavy atom. The summed E-state index contributed by atoms with van der Waals surface area (Å²) in [5.74, 6) is 1.22. The number of benzene rings is 2. The molecule has 1 fully saturated rings. The van der Waals surface area contributed by atoms with E-state index in [0.717, 1.165) is 43.9 Å². The molecule has 0 spiro atoms. The van der Waals surface area contributed by atoms with Gasteiger partial charge in [0.25, 0.3) is 5.91 Å². The molecule has 2 aromatic heterocycles. The number of morpholine rings is 1. The lowest BCUT2D eigenvalue weighted by molar-refractivity contribution is 0.0342. The minimum absolute atomic E-state index is 0.345. The highest BCUT2D eigenvalue weighted by Gasteiger charge is 2.19. The second-order valence-electron chi connectivity index (χ2n) is 7.99. The number of aromatic amines is 2. The van der Waals surface area contributed by atoms with Crippen molar-refractivity contribution in [2.75, 3.05) is 45.8 Å². The zero-order valence-electron chi connectivity index (χ0n) is 19.1. The number of fused-ring (bicyclic) bond motifs is 1. The molecule has 10 heteroatoms. The van der Waals surface area contributed by atoms with Crippen LogP contribution in [0.15, 0.2) is 42.6 Å². The molecule has 0 bridgehead atoms. The molecule has 0 radical (unpaired) electrons. The number of aromatic nitrogens is 4.